The van der Waals surface area contributed by atoms with Crippen LogP contribution in [-0.2, 0) is 10.0 Å². The van der Waals surface area contributed by atoms with E-state index in [1.54, 1.807) is 43.6 Å². The maximum absolute atomic E-state index is 13.9. The van der Waals surface area contributed by atoms with Gasteiger partial charge in [-0.3, -0.25) is 0 Å². The van der Waals surface area contributed by atoms with Gasteiger partial charge < -0.3 is 4.74 Å². The smallest absolute Gasteiger partial charge is 0.269 e. The van der Waals surface area contributed by atoms with Crippen LogP contribution in [0, 0.1) is 6.92 Å². The van der Waals surface area contributed by atoms with Crippen LogP contribution >= 0.6 is 0 Å². The molecule has 0 fully saturated rings. The highest BCUT2D eigenvalue weighted by Crippen LogP contribution is 2.39. The summed E-state index contributed by atoms with van der Waals surface area (Å²) in [6, 6.07) is 32.4. The Balaban J connectivity index is 1.70. The van der Waals surface area contributed by atoms with E-state index < -0.39 is 10.0 Å². The molecule has 5 nitrogen and oxygen atoms in total. The molecule has 0 unspecified atom stereocenters. The van der Waals surface area contributed by atoms with Crippen LogP contribution in [0.25, 0.3) is 44.2 Å². The van der Waals surface area contributed by atoms with E-state index in [2.05, 4.69) is 35.3 Å². The fourth-order valence-electron chi connectivity index (χ4n) is 4.78. The largest absolute Gasteiger partial charge is 0.497 e. The summed E-state index contributed by atoms with van der Waals surface area (Å²) in [6.45, 7) is 2.05. The molecule has 182 valence electrons. The van der Waals surface area contributed by atoms with Gasteiger partial charge in [-0.15, -0.1) is 0 Å². The Kier molecular flexibility index (Phi) is 5.54. The van der Waals surface area contributed by atoms with E-state index in [1.165, 1.54) is 3.97 Å². The number of aromatic nitrogens is 2. The van der Waals surface area contributed by atoms with Crippen molar-refractivity contribution in [3.8, 4) is 28.0 Å². The van der Waals surface area contributed by atoms with Gasteiger partial charge in [0.15, 0.2) is 5.65 Å². The van der Waals surface area contributed by atoms with Crippen molar-refractivity contribution in [1.82, 2.24) is 8.96 Å². The molecule has 0 aliphatic carbocycles. The van der Waals surface area contributed by atoms with E-state index >= 15 is 0 Å². The first-order valence-electron chi connectivity index (χ1n) is 11.9. The predicted octanol–water partition coefficient (Wildman–Crippen LogP) is 7.08. The van der Waals surface area contributed by atoms with Gasteiger partial charge in [-0.05, 0) is 71.6 Å². The second-order valence-electron chi connectivity index (χ2n) is 8.97. The molecule has 0 atom stereocenters. The fourth-order valence-corrected chi connectivity index (χ4v) is 6.27. The summed E-state index contributed by atoms with van der Waals surface area (Å²) < 4.78 is 34.6. The van der Waals surface area contributed by atoms with Gasteiger partial charge in [0.25, 0.3) is 10.0 Å². The quantitative estimate of drug-likeness (QED) is 0.252. The minimum absolute atomic E-state index is 0.218. The van der Waals surface area contributed by atoms with Crippen LogP contribution in [0.3, 0.4) is 0 Å². The SMILES string of the molecule is COc1ccc(-c2ccc3c(c2)c2c(-c4ccc(C)cc4)ccnc2n3S(=O)(=O)c2ccccc2)cc1. The normalized spacial score (nSPS) is 11.7. The first-order valence-corrected chi connectivity index (χ1v) is 13.4. The molecule has 4 aromatic carbocycles. The first-order chi connectivity index (χ1) is 18.0. The second kappa shape index (κ2) is 8.91. The molecule has 0 N–H and O–H groups in total. The number of hydrogen-bond acceptors (Lipinski definition) is 4. The average Bonchev–Trinajstić information content (AvgIpc) is 3.29. The highest BCUT2D eigenvalue weighted by molar-refractivity contribution is 7.90. The van der Waals surface area contributed by atoms with E-state index in [4.69, 9.17) is 4.74 Å². The minimum Gasteiger partial charge on any atom is -0.497 e. The zero-order valence-corrected chi connectivity index (χ0v) is 21.2. The first kappa shape index (κ1) is 23.0. The lowest BCUT2D eigenvalue weighted by Gasteiger charge is -2.09. The number of pyridine rings is 1. The topological polar surface area (TPSA) is 61.2 Å². The van der Waals surface area contributed by atoms with Crippen molar-refractivity contribution in [3.05, 3.63) is 115 Å². The molecule has 6 heteroatoms. The minimum atomic E-state index is -3.90. The third kappa shape index (κ3) is 3.86. The molecule has 6 rings (SSSR count). The molecule has 2 heterocycles. The van der Waals surface area contributed by atoms with Gasteiger partial charge in [-0.1, -0.05) is 66.2 Å². The number of ether oxygens (including phenoxy) is 1. The van der Waals surface area contributed by atoms with Crippen molar-refractivity contribution in [2.24, 2.45) is 0 Å². The third-order valence-electron chi connectivity index (χ3n) is 6.68. The Morgan fingerprint density at radius 2 is 1.43 bits per heavy atom. The van der Waals surface area contributed by atoms with Crippen LogP contribution in [0.15, 0.2) is 114 Å². The maximum Gasteiger partial charge on any atom is 0.269 e. The molecule has 6 aromatic rings. The molecule has 0 amide bonds. The van der Waals surface area contributed by atoms with Gasteiger partial charge in [0.2, 0.25) is 0 Å². The van der Waals surface area contributed by atoms with E-state index in [-0.39, 0.29) is 4.90 Å². The summed E-state index contributed by atoms with van der Waals surface area (Å²) in [5.74, 6) is 0.779. The fraction of sp³-hybridized carbons (Fsp3) is 0.0645. The lowest BCUT2D eigenvalue weighted by Crippen LogP contribution is -2.13. The monoisotopic (exact) mass is 504 g/mol. The van der Waals surface area contributed by atoms with Gasteiger partial charge in [0.1, 0.15) is 5.75 Å². The highest BCUT2D eigenvalue weighted by Gasteiger charge is 2.26. The Bertz CT molecular complexity index is 1860. The maximum atomic E-state index is 13.9. The van der Waals surface area contributed by atoms with Crippen LogP contribution in [0.2, 0.25) is 0 Å². The van der Waals surface area contributed by atoms with E-state index in [1.807, 2.05) is 49.4 Å². The molecule has 0 spiro atoms. The molecule has 0 aliphatic rings. The summed E-state index contributed by atoms with van der Waals surface area (Å²) in [6.07, 6.45) is 1.68. The van der Waals surface area contributed by atoms with Crippen LogP contribution in [0.5, 0.6) is 5.75 Å². The average molecular weight is 505 g/mol. The summed E-state index contributed by atoms with van der Waals surface area (Å²) in [5, 5.41) is 1.63. The Morgan fingerprint density at radius 3 is 2.14 bits per heavy atom. The Labute approximate surface area is 215 Å². The number of benzene rings is 4. The van der Waals surface area contributed by atoms with Crippen LogP contribution < -0.4 is 4.74 Å². The summed E-state index contributed by atoms with van der Waals surface area (Å²) in [5.41, 5.74) is 6.07. The lowest BCUT2D eigenvalue weighted by molar-refractivity contribution is 0.415. The number of methoxy groups -OCH3 is 1. The van der Waals surface area contributed by atoms with Crippen molar-refractivity contribution >= 4 is 32.0 Å². The van der Waals surface area contributed by atoms with E-state index in [0.717, 1.165) is 44.3 Å². The predicted molar refractivity (Wildman–Crippen MR) is 148 cm³/mol. The van der Waals surface area contributed by atoms with Crippen molar-refractivity contribution < 1.29 is 13.2 Å². The number of hydrogen-bond donors (Lipinski definition) is 0. The zero-order chi connectivity index (χ0) is 25.6. The van der Waals surface area contributed by atoms with Crippen molar-refractivity contribution in [3.63, 3.8) is 0 Å². The number of nitrogens with zero attached hydrogens (tertiary/aromatic N) is 2. The Hall–Kier alpha value is -4.42. The molecule has 0 aliphatic heterocycles. The number of fused-ring (bicyclic) bond motifs is 3. The van der Waals surface area contributed by atoms with Crippen molar-refractivity contribution in [1.29, 1.82) is 0 Å². The summed E-state index contributed by atoms with van der Waals surface area (Å²) in [7, 11) is -2.26. The van der Waals surface area contributed by atoms with E-state index in [0.29, 0.717) is 11.2 Å². The van der Waals surface area contributed by atoms with Crippen molar-refractivity contribution in [2.75, 3.05) is 7.11 Å². The summed E-state index contributed by atoms with van der Waals surface area (Å²) >= 11 is 0. The van der Waals surface area contributed by atoms with Gasteiger partial charge in [0.05, 0.1) is 17.5 Å². The van der Waals surface area contributed by atoms with E-state index in [9.17, 15) is 8.42 Å². The molecule has 2 aromatic heterocycles. The second-order valence-corrected chi connectivity index (χ2v) is 10.8. The van der Waals surface area contributed by atoms with Crippen LogP contribution in [0.1, 0.15) is 5.56 Å². The van der Waals surface area contributed by atoms with Gasteiger partial charge >= 0.3 is 0 Å². The van der Waals surface area contributed by atoms with Crippen LogP contribution in [-0.4, -0.2) is 24.5 Å². The molecule has 0 radical (unpaired) electrons. The highest BCUT2D eigenvalue weighted by atomic mass is 32.2. The van der Waals surface area contributed by atoms with Gasteiger partial charge in [0, 0.05) is 17.0 Å². The molecule has 0 saturated heterocycles. The molecular formula is C31H24N2O3S. The molecular weight excluding hydrogens is 480 g/mol. The Morgan fingerprint density at radius 1 is 0.757 bits per heavy atom. The van der Waals surface area contributed by atoms with Crippen LogP contribution in [0.4, 0.5) is 0 Å². The van der Waals surface area contributed by atoms with Crippen molar-refractivity contribution in [2.45, 2.75) is 11.8 Å². The number of rotatable bonds is 5. The molecule has 0 saturated carbocycles. The lowest BCUT2D eigenvalue weighted by atomic mass is 9.98. The zero-order valence-electron chi connectivity index (χ0n) is 20.4. The third-order valence-corrected chi connectivity index (χ3v) is 8.39. The van der Waals surface area contributed by atoms with Gasteiger partial charge in [-0.25, -0.2) is 17.4 Å². The standard InChI is InChI=1S/C31H24N2O3S/c1-21-8-10-23(11-9-21)27-18-19-32-31-30(27)28-20-24(22-12-15-25(36-2)16-13-22)14-17-29(28)33(31)37(34,35)26-6-4-3-5-7-26/h3-20H,1-2H3. The number of aryl methyl sites for hydroxylation is 1. The molecule has 37 heavy (non-hydrogen) atoms. The van der Waals surface area contributed by atoms with Gasteiger partial charge in [-0.2, -0.15) is 0 Å². The molecule has 0 bridgehead atoms. The summed E-state index contributed by atoms with van der Waals surface area (Å²) in [4.78, 5) is 4.82.